The largest absolute Gasteiger partial charge is 0.468 e. The highest BCUT2D eigenvalue weighted by Gasteiger charge is 2.29. The fourth-order valence-electron chi connectivity index (χ4n) is 1.52. The number of thiocarbonyl (C=S) groups is 1. The molecule has 0 saturated carbocycles. The molecule has 0 spiro atoms. The van der Waals surface area contributed by atoms with Crippen LogP contribution < -0.4 is 11.5 Å². The number of ether oxygens (including phenoxy) is 1. The van der Waals surface area contributed by atoms with Crippen molar-refractivity contribution in [2.24, 2.45) is 11.5 Å². The van der Waals surface area contributed by atoms with E-state index in [-0.39, 0.29) is 0 Å². The maximum Gasteiger partial charge on any atom is 0.325 e. The smallest absolute Gasteiger partial charge is 0.325 e. The molecule has 0 bridgehead atoms. The molecule has 0 aliphatic carbocycles. The summed E-state index contributed by atoms with van der Waals surface area (Å²) in [7, 11) is 1.32. The van der Waals surface area contributed by atoms with E-state index in [4.69, 9.17) is 23.7 Å². The minimum atomic E-state index is -1.03. The van der Waals surface area contributed by atoms with Crippen LogP contribution in [0.4, 0.5) is 0 Å². The normalized spacial score (nSPS) is 13.8. The van der Waals surface area contributed by atoms with Gasteiger partial charge in [0.2, 0.25) is 0 Å². The van der Waals surface area contributed by atoms with Crippen LogP contribution in [0.15, 0.2) is 24.3 Å². The van der Waals surface area contributed by atoms with Crippen molar-refractivity contribution < 1.29 is 9.53 Å². The van der Waals surface area contributed by atoms with Crippen LogP contribution in [0.1, 0.15) is 18.1 Å². The third-order valence-electron chi connectivity index (χ3n) is 2.46. The summed E-state index contributed by atoms with van der Waals surface area (Å²) in [6.45, 7) is 1.64. The lowest BCUT2D eigenvalue weighted by molar-refractivity contribution is -0.146. The minimum Gasteiger partial charge on any atom is -0.468 e. The Morgan fingerprint density at radius 2 is 1.94 bits per heavy atom. The molecule has 0 saturated heterocycles. The van der Waals surface area contributed by atoms with Gasteiger partial charge in [0.05, 0.1) is 7.11 Å². The van der Waals surface area contributed by atoms with Crippen LogP contribution in [0.25, 0.3) is 0 Å². The minimum absolute atomic E-state index is 0.347. The van der Waals surface area contributed by atoms with Crippen LogP contribution in [-0.4, -0.2) is 23.6 Å². The number of hydrogen-bond donors (Lipinski definition) is 2. The Balaban J connectivity index is 2.82. The van der Waals surface area contributed by atoms with Gasteiger partial charge in [-0.2, -0.15) is 0 Å². The monoisotopic (exact) mass is 252 g/mol. The number of carbonyl (C=O) groups is 1. The Morgan fingerprint density at radius 3 is 2.35 bits per heavy atom. The van der Waals surface area contributed by atoms with E-state index in [9.17, 15) is 4.79 Å². The zero-order chi connectivity index (χ0) is 13.1. The molecular formula is C12H16N2O2S. The third kappa shape index (κ3) is 3.51. The second-order valence-corrected chi connectivity index (χ2v) is 4.59. The molecule has 92 valence electrons. The summed E-state index contributed by atoms with van der Waals surface area (Å²) < 4.78 is 4.64. The summed E-state index contributed by atoms with van der Waals surface area (Å²) in [6.07, 6.45) is 0.400. The quantitative estimate of drug-likeness (QED) is 0.611. The van der Waals surface area contributed by atoms with E-state index in [1.807, 2.05) is 24.3 Å². The Kier molecular flexibility index (Phi) is 4.20. The van der Waals surface area contributed by atoms with Gasteiger partial charge < -0.3 is 16.2 Å². The SMILES string of the molecule is COC(=O)C(C)(N)Cc1ccc(C(N)=S)cc1. The van der Waals surface area contributed by atoms with Gasteiger partial charge in [-0.05, 0) is 12.5 Å². The first-order valence-corrected chi connectivity index (χ1v) is 5.53. The molecule has 0 aliphatic rings. The highest BCUT2D eigenvalue weighted by molar-refractivity contribution is 7.80. The highest BCUT2D eigenvalue weighted by atomic mass is 32.1. The van der Waals surface area contributed by atoms with Crippen molar-refractivity contribution in [3.63, 3.8) is 0 Å². The zero-order valence-electron chi connectivity index (χ0n) is 9.90. The van der Waals surface area contributed by atoms with E-state index in [1.165, 1.54) is 7.11 Å². The lowest BCUT2D eigenvalue weighted by Gasteiger charge is -2.21. The van der Waals surface area contributed by atoms with Crippen molar-refractivity contribution in [2.45, 2.75) is 18.9 Å². The number of benzene rings is 1. The first kappa shape index (κ1) is 13.6. The third-order valence-corrected chi connectivity index (χ3v) is 2.70. The van der Waals surface area contributed by atoms with Crippen molar-refractivity contribution in [3.05, 3.63) is 35.4 Å². The van der Waals surface area contributed by atoms with Crippen molar-refractivity contribution in [1.82, 2.24) is 0 Å². The molecule has 17 heavy (non-hydrogen) atoms. The summed E-state index contributed by atoms with van der Waals surface area (Å²) in [5.41, 5.74) is 12.1. The molecule has 0 heterocycles. The molecule has 1 unspecified atom stereocenters. The molecule has 4 nitrogen and oxygen atoms in total. The van der Waals surface area contributed by atoms with Crippen LogP contribution in [0.5, 0.6) is 0 Å². The van der Waals surface area contributed by atoms with Gasteiger partial charge in [0, 0.05) is 12.0 Å². The Hall–Kier alpha value is -1.46. The standard InChI is InChI=1S/C12H16N2O2S/c1-12(14,11(15)16-2)7-8-3-5-9(6-4-8)10(13)17/h3-6H,7,14H2,1-2H3,(H2,13,17). The van der Waals surface area contributed by atoms with E-state index in [2.05, 4.69) is 4.74 Å². The van der Waals surface area contributed by atoms with Crippen LogP contribution in [-0.2, 0) is 16.0 Å². The fourth-order valence-corrected chi connectivity index (χ4v) is 1.65. The Morgan fingerprint density at radius 1 is 1.41 bits per heavy atom. The van der Waals surface area contributed by atoms with Gasteiger partial charge in [-0.25, -0.2) is 0 Å². The Labute approximate surface area is 106 Å². The lowest BCUT2D eigenvalue weighted by Crippen LogP contribution is -2.47. The maximum atomic E-state index is 11.4. The topological polar surface area (TPSA) is 78.3 Å². The molecule has 0 aliphatic heterocycles. The molecule has 0 amide bonds. The molecule has 1 aromatic carbocycles. The van der Waals surface area contributed by atoms with Crippen LogP contribution in [0, 0.1) is 0 Å². The van der Waals surface area contributed by atoms with Crippen molar-refractivity contribution in [2.75, 3.05) is 7.11 Å². The van der Waals surface area contributed by atoms with E-state index >= 15 is 0 Å². The first-order valence-electron chi connectivity index (χ1n) is 5.13. The molecule has 0 fully saturated rings. The number of nitrogens with two attached hydrogens (primary N) is 2. The number of esters is 1. The van der Waals surface area contributed by atoms with Crippen LogP contribution >= 0.6 is 12.2 Å². The van der Waals surface area contributed by atoms with Gasteiger partial charge in [-0.15, -0.1) is 0 Å². The molecule has 0 aromatic heterocycles. The van der Waals surface area contributed by atoms with E-state index < -0.39 is 11.5 Å². The molecule has 0 radical (unpaired) electrons. The van der Waals surface area contributed by atoms with Crippen molar-refractivity contribution >= 4 is 23.2 Å². The average molecular weight is 252 g/mol. The highest BCUT2D eigenvalue weighted by Crippen LogP contribution is 2.13. The molecule has 5 heteroatoms. The van der Waals surface area contributed by atoms with Gasteiger partial charge in [-0.3, -0.25) is 4.79 Å². The van der Waals surface area contributed by atoms with Gasteiger partial charge in [0.1, 0.15) is 10.5 Å². The second-order valence-electron chi connectivity index (χ2n) is 4.15. The number of rotatable bonds is 4. The van der Waals surface area contributed by atoms with E-state index in [1.54, 1.807) is 6.92 Å². The van der Waals surface area contributed by atoms with Crippen molar-refractivity contribution in [1.29, 1.82) is 0 Å². The summed E-state index contributed by atoms with van der Waals surface area (Å²) >= 11 is 4.85. The predicted octanol–water partition coefficient (Wildman–Crippen LogP) is 0.754. The van der Waals surface area contributed by atoms with Crippen LogP contribution in [0.3, 0.4) is 0 Å². The first-order chi connectivity index (χ1) is 7.86. The number of carbonyl (C=O) groups excluding carboxylic acids is 1. The van der Waals surface area contributed by atoms with E-state index in [0.717, 1.165) is 11.1 Å². The van der Waals surface area contributed by atoms with Gasteiger partial charge in [0.25, 0.3) is 0 Å². The van der Waals surface area contributed by atoms with Gasteiger partial charge >= 0.3 is 5.97 Å². The van der Waals surface area contributed by atoms with E-state index in [0.29, 0.717) is 11.4 Å². The summed E-state index contributed by atoms with van der Waals surface area (Å²) in [6, 6.07) is 7.32. The summed E-state index contributed by atoms with van der Waals surface area (Å²) in [5, 5.41) is 0. The fraction of sp³-hybridized carbons (Fsp3) is 0.333. The van der Waals surface area contributed by atoms with Crippen LogP contribution in [0.2, 0.25) is 0 Å². The molecule has 1 rings (SSSR count). The summed E-state index contributed by atoms with van der Waals surface area (Å²) in [5.74, 6) is -0.434. The molecule has 1 atom stereocenters. The molecule has 1 aromatic rings. The Bertz CT molecular complexity index is 427. The van der Waals surface area contributed by atoms with Crippen molar-refractivity contribution in [3.8, 4) is 0 Å². The van der Waals surface area contributed by atoms with Gasteiger partial charge in [-0.1, -0.05) is 36.5 Å². The predicted molar refractivity (Wildman–Crippen MR) is 70.6 cm³/mol. The molecule has 4 N–H and O–H groups in total. The molecular weight excluding hydrogens is 236 g/mol. The maximum absolute atomic E-state index is 11.4. The number of hydrogen-bond acceptors (Lipinski definition) is 4. The average Bonchev–Trinajstić information content (AvgIpc) is 2.28. The number of methoxy groups -OCH3 is 1. The zero-order valence-corrected chi connectivity index (χ0v) is 10.7. The summed E-state index contributed by atoms with van der Waals surface area (Å²) in [4.78, 5) is 11.8. The van der Waals surface area contributed by atoms with Gasteiger partial charge in [0.15, 0.2) is 0 Å². The lowest BCUT2D eigenvalue weighted by atomic mass is 9.93. The second kappa shape index (κ2) is 5.25.